The van der Waals surface area contributed by atoms with Gasteiger partial charge in [0.2, 0.25) is 0 Å². The Kier molecular flexibility index (Phi) is 5.71. The molecule has 2 fully saturated rings. The molecular formula is C19H27N3O3. The summed E-state index contributed by atoms with van der Waals surface area (Å²) in [4.78, 5) is 28.8. The zero-order valence-electron chi connectivity index (χ0n) is 14.8. The lowest BCUT2D eigenvalue weighted by Crippen LogP contribution is -2.49. The molecule has 0 unspecified atom stereocenters. The zero-order chi connectivity index (χ0) is 17.8. The molecule has 1 aromatic carbocycles. The van der Waals surface area contributed by atoms with Crippen molar-refractivity contribution in [1.29, 1.82) is 0 Å². The second kappa shape index (κ2) is 7.97. The number of nitrogens with zero attached hydrogens (tertiary/aromatic N) is 2. The Labute approximate surface area is 148 Å². The maximum Gasteiger partial charge on any atom is 0.253 e. The van der Waals surface area contributed by atoms with Crippen LogP contribution in [0.5, 0.6) is 0 Å². The van der Waals surface area contributed by atoms with Crippen LogP contribution in [0.3, 0.4) is 0 Å². The van der Waals surface area contributed by atoms with Crippen LogP contribution < -0.4 is 5.73 Å². The lowest BCUT2D eigenvalue weighted by atomic mass is 10.0. The summed E-state index contributed by atoms with van der Waals surface area (Å²) >= 11 is 0. The third kappa shape index (κ3) is 4.02. The van der Waals surface area contributed by atoms with E-state index in [1.807, 2.05) is 47.2 Å². The molecule has 0 radical (unpaired) electrons. The molecule has 0 saturated carbocycles. The summed E-state index contributed by atoms with van der Waals surface area (Å²) in [5, 5.41) is 0. The van der Waals surface area contributed by atoms with Crippen LogP contribution in [0.2, 0.25) is 0 Å². The van der Waals surface area contributed by atoms with Crippen molar-refractivity contribution in [2.24, 2.45) is 5.73 Å². The minimum Gasteiger partial charge on any atom is -0.364 e. The molecule has 2 atom stereocenters. The van der Waals surface area contributed by atoms with Gasteiger partial charge in [-0.3, -0.25) is 9.59 Å². The molecule has 136 valence electrons. The molecule has 25 heavy (non-hydrogen) atoms. The summed E-state index contributed by atoms with van der Waals surface area (Å²) < 4.78 is 5.72. The van der Waals surface area contributed by atoms with E-state index in [-0.39, 0.29) is 30.1 Å². The smallest absolute Gasteiger partial charge is 0.253 e. The number of piperidine rings is 1. The van der Waals surface area contributed by atoms with Gasteiger partial charge >= 0.3 is 0 Å². The highest BCUT2D eigenvalue weighted by atomic mass is 16.5. The minimum atomic E-state index is -0.359. The number of carbonyl (C=O) groups excluding carboxylic acids is 2. The Morgan fingerprint density at radius 2 is 1.84 bits per heavy atom. The molecular weight excluding hydrogens is 318 g/mol. The molecule has 0 aliphatic carbocycles. The number of amides is 2. The number of hydrogen-bond donors (Lipinski definition) is 1. The summed E-state index contributed by atoms with van der Waals surface area (Å²) in [6.07, 6.45) is 2.85. The van der Waals surface area contributed by atoms with Crippen molar-refractivity contribution in [1.82, 2.24) is 9.80 Å². The van der Waals surface area contributed by atoms with Crippen molar-refractivity contribution in [2.75, 3.05) is 26.7 Å². The zero-order valence-corrected chi connectivity index (χ0v) is 14.8. The van der Waals surface area contributed by atoms with Gasteiger partial charge in [-0.2, -0.15) is 0 Å². The lowest BCUT2D eigenvalue weighted by molar-refractivity contribution is -0.144. The average molecular weight is 345 g/mol. The number of likely N-dealkylation sites (N-methyl/N-ethyl adjacent to an activating group) is 1. The Morgan fingerprint density at radius 3 is 2.44 bits per heavy atom. The van der Waals surface area contributed by atoms with Crippen molar-refractivity contribution in [2.45, 2.75) is 43.9 Å². The molecule has 6 nitrogen and oxygen atoms in total. The lowest BCUT2D eigenvalue weighted by Gasteiger charge is -2.37. The van der Waals surface area contributed by atoms with Gasteiger partial charge in [-0.15, -0.1) is 0 Å². The van der Waals surface area contributed by atoms with Crippen LogP contribution in [-0.2, 0) is 9.53 Å². The molecule has 2 aliphatic rings. The molecule has 2 aliphatic heterocycles. The third-order valence-corrected chi connectivity index (χ3v) is 5.31. The van der Waals surface area contributed by atoms with Gasteiger partial charge in [0.05, 0.1) is 6.10 Å². The predicted molar refractivity (Wildman–Crippen MR) is 95.1 cm³/mol. The van der Waals surface area contributed by atoms with E-state index in [9.17, 15) is 9.59 Å². The van der Waals surface area contributed by atoms with Gasteiger partial charge in [-0.25, -0.2) is 0 Å². The molecule has 1 aromatic rings. The largest absolute Gasteiger partial charge is 0.364 e. The highest BCUT2D eigenvalue weighted by Crippen LogP contribution is 2.24. The van der Waals surface area contributed by atoms with Crippen LogP contribution in [0.25, 0.3) is 0 Å². The predicted octanol–water partition coefficient (Wildman–Crippen LogP) is 1.26. The first-order valence-corrected chi connectivity index (χ1v) is 9.06. The maximum absolute atomic E-state index is 12.6. The summed E-state index contributed by atoms with van der Waals surface area (Å²) in [6, 6.07) is 9.51. The molecule has 2 N–H and O–H groups in total. The number of likely N-dealkylation sites (tertiary alicyclic amines) is 1. The molecule has 2 heterocycles. The van der Waals surface area contributed by atoms with E-state index in [1.165, 1.54) is 0 Å². The standard InChI is InChI=1S/C19H27N3O3/c1-21(19(24)17-8-7-16(13-20)25-17)15-9-11-22(12-10-15)18(23)14-5-3-2-4-6-14/h2-6,15-17H,7-13,20H2,1H3/t16-,17+/m1/s1. The molecule has 3 rings (SSSR count). The second-order valence-electron chi connectivity index (χ2n) is 6.90. The first-order valence-electron chi connectivity index (χ1n) is 9.06. The summed E-state index contributed by atoms with van der Waals surface area (Å²) in [5.74, 6) is 0.113. The topological polar surface area (TPSA) is 75.9 Å². The normalized spacial score (nSPS) is 24.3. The Bertz CT molecular complexity index is 599. The molecule has 0 spiro atoms. The number of rotatable bonds is 4. The van der Waals surface area contributed by atoms with Gasteiger partial charge in [0, 0.05) is 38.3 Å². The van der Waals surface area contributed by atoms with Gasteiger partial charge in [-0.1, -0.05) is 18.2 Å². The van der Waals surface area contributed by atoms with E-state index in [0.29, 0.717) is 19.6 Å². The molecule has 6 heteroatoms. The number of hydrogen-bond acceptors (Lipinski definition) is 4. The van der Waals surface area contributed by atoms with Crippen LogP contribution in [0, 0.1) is 0 Å². The summed E-state index contributed by atoms with van der Waals surface area (Å²) in [5.41, 5.74) is 6.34. The highest BCUT2D eigenvalue weighted by molar-refractivity contribution is 5.94. The fourth-order valence-electron chi connectivity index (χ4n) is 3.69. The molecule has 0 aromatic heterocycles. The van der Waals surface area contributed by atoms with Crippen molar-refractivity contribution in [3.05, 3.63) is 35.9 Å². The number of carbonyl (C=O) groups is 2. The Hall–Kier alpha value is -1.92. The number of ether oxygens (including phenoxy) is 1. The monoisotopic (exact) mass is 345 g/mol. The highest BCUT2D eigenvalue weighted by Gasteiger charge is 2.35. The van der Waals surface area contributed by atoms with E-state index in [0.717, 1.165) is 31.2 Å². The molecule has 0 bridgehead atoms. The van der Waals surface area contributed by atoms with Gasteiger partial charge in [-0.05, 0) is 37.8 Å². The first-order chi connectivity index (χ1) is 12.1. The van der Waals surface area contributed by atoms with Gasteiger partial charge in [0.1, 0.15) is 6.10 Å². The van der Waals surface area contributed by atoms with E-state index >= 15 is 0 Å². The van der Waals surface area contributed by atoms with Crippen molar-refractivity contribution in [3.8, 4) is 0 Å². The summed E-state index contributed by atoms with van der Waals surface area (Å²) in [6.45, 7) is 1.81. The minimum absolute atomic E-state index is 0.00712. The van der Waals surface area contributed by atoms with Crippen LogP contribution >= 0.6 is 0 Å². The second-order valence-corrected chi connectivity index (χ2v) is 6.90. The van der Waals surface area contributed by atoms with Crippen LogP contribution in [-0.4, -0.2) is 66.5 Å². The number of nitrogens with two attached hydrogens (primary N) is 1. The van der Waals surface area contributed by atoms with Crippen molar-refractivity contribution in [3.63, 3.8) is 0 Å². The van der Waals surface area contributed by atoms with Crippen LogP contribution in [0.1, 0.15) is 36.0 Å². The molecule has 2 saturated heterocycles. The third-order valence-electron chi connectivity index (χ3n) is 5.31. The average Bonchev–Trinajstić information content (AvgIpc) is 3.16. The maximum atomic E-state index is 12.6. The fourth-order valence-corrected chi connectivity index (χ4v) is 3.69. The van der Waals surface area contributed by atoms with Crippen molar-refractivity contribution < 1.29 is 14.3 Å². The van der Waals surface area contributed by atoms with Gasteiger partial charge < -0.3 is 20.3 Å². The Morgan fingerprint density at radius 1 is 1.16 bits per heavy atom. The fraction of sp³-hybridized carbons (Fsp3) is 0.579. The van der Waals surface area contributed by atoms with E-state index in [4.69, 9.17) is 10.5 Å². The van der Waals surface area contributed by atoms with Crippen LogP contribution in [0.4, 0.5) is 0 Å². The van der Waals surface area contributed by atoms with E-state index in [2.05, 4.69) is 0 Å². The van der Waals surface area contributed by atoms with Gasteiger partial charge in [0.15, 0.2) is 0 Å². The van der Waals surface area contributed by atoms with Gasteiger partial charge in [0.25, 0.3) is 11.8 Å². The van der Waals surface area contributed by atoms with Crippen molar-refractivity contribution >= 4 is 11.8 Å². The number of benzene rings is 1. The van der Waals surface area contributed by atoms with E-state index in [1.54, 1.807) is 0 Å². The summed E-state index contributed by atoms with van der Waals surface area (Å²) in [7, 11) is 1.85. The Balaban J connectivity index is 1.51. The quantitative estimate of drug-likeness (QED) is 0.891. The molecule has 2 amide bonds. The van der Waals surface area contributed by atoms with Crippen LogP contribution in [0.15, 0.2) is 30.3 Å². The SMILES string of the molecule is CN(C(=O)[C@@H]1CC[C@H](CN)O1)C1CCN(C(=O)c2ccccc2)CC1. The first kappa shape index (κ1) is 17.9. The van der Waals surface area contributed by atoms with E-state index < -0.39 is 0 Å².